The summed E-state index contributed by atoms with van der Waals surface area (Å²) >= 11 is 5.23. The lowest BCUT2D eigenvalue weighted by Gasteiger charge is -2.18. The highest BCUT2D eigenvalue weighted by molar-refractivity contribution is 7.71. The fourth-order valence-corrected chi connectivity index (χ4v) is 2.81. The van der Waals surface area contributed by atoms with Gasteiger partial charge in [-0.15, -0.1) is 0 Å². The molecule has 1 aliphatic rings. The minimum absolute atomic E-state index is 0.0548. The number of H-pyrrole nitrogens is 1. The molecular formula is C18H14F2N4O3S. The van der Waals surface area contributed by atoms with Gasteiger partial charge < -0.3 is 14.2 Å². The van der Waals surface area contributed by atoms with E-state index in [1.54, 1.807) is 18.3 Å². The van der Waals surface area contributed by atoms with Crippen molar-refractivity contribution in [1.82, 2.24) is 14.9 Å². The lowest BCUT2D eigenvalue weighted by molar-refractivity contribution is -0.0498. The van der Waals surface area contributed by atoms with Gasteiger partial charge in [0.05, 0.1) is 6.21 Å². The number of rotatable bonds is 5. The summed E-state index contributed by atoms with van der Waals surface area (Å²) in [4.78, 5) is 0. The second-order valence-corrected chi connectivity index (χ2v) is 6.10. The molecule has 0 unspecified atom stereocenters. The molecule has 144 valence electrons. The van der Waals surface area contributed by atoms with E-state index in [-0.39, 0.29) is 10.5 Å². The zero-order valence-electron chi connectivity index (χ0n) is 14.3. The topological polar surface area (TPSA) is 73.7 Å². The molecule has 28 heavy (non-hydrogen) atoms. The van der Waals surface area contributed by atoms with E-state index in [1.807, 2.05) is 18.2 Å². The Labute approximate surface area is 163 Å². The van der Waals surface area contributed by atoms with Crippen molar-refractivity contribution < 1.29 is 23.0 Å². The van der Waals surface area contributed by atoms with Crippen LogP contribution in [0.5, 0.6) is 17.2 Å². The highest BCUT2D eigenvalue weighted by Crippen LogP contribution is 2.30. The summed E-state index contributed by atoms with van der Waals surface area (Å²) in [5.74, 6) is 1.83. The molecule has 2 aromatic carbocycles. The number of halogens is 2. The number of benzene rings is 2. The van der Waals surface area contributed by atoms with Crippen LogP contribution in [-0.2, 0) is 0 Å². The number of aromatic nitrogens is 3. The minimum Gasteiger partial charge on any atom is -0.486 e. The molecule has 0 aliphatic carbocycles. The molecule has 7 nitrogen and oxygen atoms in total. The SMILES string of the molecule is FC(F)Oc1ccc(-c2n[nH]c(=S)n2/N=C\c2ccc3c(c2)OCCO3)cc1. The molecule has 1 N–H and O–H groups in total. The van der Waals surface area contributed by atoms with Crippen molar-refractivity contribution in [2.24, 2.45) is 5.10 Å². The quantitative estimate of drug-likeness (QED) is 0.516. The van der Waals surface area contributed by atoms with Crippen LogP contribution in [0.2, 0.25) is 0 Å². The molecule has 4 rings (SSSR count). The fourth-order valence-electron chi connectivity index (χ4n) is 2.64. The fraction of sp³-hybridized carbons (Fsp3) is 0.167. The number of alkyl halides is 2. The predicted octanol–water partition coefficient (Wildman–Crippen LogP) is 3.86. The normalized spacial score (nSPS) is 13.2. The summed E-state index contributed by atoms with van der Waals surface area (Å²) in [5.41, 5.74) is 1.42. The molecule has 1 aromatic heterocycles. The van der Waals surface area contributed by atoms with E-state index in [1.165, 1.54) is 16.8 Å². The third kappa shape index (κ3) is 3.86. The molecule has 0 amide bonds. The van der Waals surface area contributed by atoms with E-state index in [4.69, 9.17) is 21.7 Å². The predicted molar refractivity (Wildman–Crippen MR) is 99.9 cm³/mol. The Kier molecular flexibility index (Phi) is 5.02. The van der Waals surface area contributed by atoms with Crippen LogP contribution in [0.15, 0.2) is 47.6 Å². The first kappa shape index (κ1) is 18.1. The summed E-state index contributed by atoms with van der Waals surface area (Å²) in [6.45, 7) is -1.86. The van der Waals surface area contributed by atoms with Gasteiger partial charge in [0.25, 0.3) is 0 Å². The van der Waals surface area contributed by atoms with Crippen LogP contribution in [-0.4, -0.2) is 40.9 Å². The average Bonchev–Trinajstić information content (AvgIpc) is 3.07. The zero-order valence-corrected chi connectivity index (χ0v) is 15.2. The lowest BCUT2D eigenvalue weighted by Crippen LogP contribution is -2.15. The van der Waals surface area contributed by atoms with Crippen molar-refractivity contribution in [3.63, 3.8) is 0 Å². The van der Waals surface area contributed by atoms with E-state index in [0.717, 1.165) is 5.56 Å². The number of hydrogen-bond donors (Lipinski definition) is 1. The molecule has 2 heterocycles. The van der Waals surface area contributed by atoms with Gasteiger partial charge in [-0.3, -0.25) is 0 Å². The molecule has 3 aromatic rings. The smallest absolute Gasteiger partial charge is 0.387 e. The second kappa shape index (κ2) is 7.77. The van der Waals surface area contributed by atoms with Gasteiger partial charge >= 0.3 is 6.61 Å². The first-order chi connectivity index (χ1) is 13.6. The number of aromatic amines is 1. The van der Waals surface area contributed by atoms with Crippen molar-refractivity contribution >= 4 is 18.4 Å². The largest absolute Gasteiger partial charge is 0.486 e. The summed E-state index contributed by atoms with van der Waals surface area (Å²) in [6, 6.07) is 11.5. The summed E-state index contributed by atoms with van der Waals surface area (Å²) in [5, 5.41) is 11.2. The molecule has 0 radical (unpaired) electrons. The first-order valence-corrected chi connectivity index (χ1v) is 8.67. The van der Waals surface area contributed by atoms with Crippen molar-refractivity contribution in [3.05, 3.63) is 52.8 Å². The Morgan fingerprint density at radius 3 is 2.64 bits per heavy atom. The van der Waals surface area contributed by atoms with E-state index in [0.29, 0.717) is 36.1 Å². The van der Waals surface area contributed by atoms with E-state index in [2.05, 4.69) is 20.0 Å². The number of hydrogen-bond acceptors (Lipinski definition) is 6. The van der Waals surface area contributed by atoms with Crippen LogP contribution in [0.25, 0.3) is 11.4 Å². The summed E-state index contributed by atoms with van der Waals surface area (Å²) < 4.78 is 41.7. The molecule has 0 spiro atoms. The summed E-state index contributed by atoms with van der Waals surface area (Å²) in [7, 11) is 0. The molecule has 1 aliphatic heterocycles. The van der Waals surface area contributed by atoms with Gasteiger partial charge in [-0.1, -0.05) is 0 Å². The Morgan fingerprint density at radius 1 is 1.14 bits per heavy atom. The van der Waals surface area contributed by atoms with Crippen LogP contribution in [0.3, 0.4) is 0 Å². The second-order valence-electron chi connectivity index (χ2n) is 5.71. The third-order valence-corrected chi connectivity index (χ3v) is 4.14. The molecular weight excluding hydrogens is 390 g/mol. The zero-order chi connectivity index (χ0) is 19.5. The van der Waals surface area contributed by atoms with Crippen LogP contribution in [0, 0.1) is 4.77 Å². The highest BCUT2D eigenvalue weighted by Gasteiger charge is 2.12. The Morgan fingerprint density at radius 2 is 1.89 bits per heavy atom. The van der Waals surface area contributed by atoms with Crippen LogP contribution in [0.4, 0.5) is 8.78 Å². The molecule has 10 heteroatoms. The maximum absolute atomic E-state index is 12.3. The van der Waals surface area contributed by atoms with Crippen molar-refractivity contribution in [1.29, 1.82) is 0 Å². The number of nitrogens with zero attached hydrogens (tertiary/aromatic N) is 3. The number of ether oxygens (including phenoxy) is 3. The minimum atomic E-state index is -2.88. The van der Waals surface area contributed by atoms with Gasteiger partial charge in [0.1, 0.15) is 19.0 Å². The van der Waals surface area contributed by atoms with Gasteiger partial charge in [0.2, 0.25) is 4.77 Å². The van der Waals surface area contributed by atoms with Crippen LogP contribution >= 0.6 is 12.2 Å². The summed E-state index contributed by atoms with van der Waals surface area (Å²) in [6.07, 6.45) is 1.61. The van der Waals surface area contributed by atoms with Gasteiger partial charge in [0, 0.05) is 5.56 Å². The maximum Gasteiger partial charge on any atom is 0.387 e. The van der Waals surface area contributed by atoms with Crippen molar-refractivity contribution in [3.8, 4) is 28.6 Å². The average molecular weight is 404 g/mol. The number of fused-ring (bicyclic) bond motifs is 1. The van der Waals surface area contributed by atoms with Crippen molar-refractivity contribution in [2.45, 2.75) is 6.61 Å². The Hall–Kier alpha value is -3.27. The molecule has 0 saturated heterocycles. The molecule has 0 saturated carbocycles. The molecule has 0 atom stereocenters. The Bertz CT molecular complexity index is 1060. The van der Waals surface area contributed by atoms with E-state index >= 15 is 0 Å². The monoisotopic (exact) mass is 404 g/mol. The van der Waals surface area contributed by atoms with Crippen molar-refractivity contribution in [2.75, 3.05) is 13.2 Å². The first-order valence-electron chi connectivity index (χ1n) is 8.27. The Balaban J connectivity index is 1.60. The van der Waals surface area contributed by atoms with E-state index in [9.17, 15) is 8.78 Å². The molecule has 0 bridgehead atoms. The molecule has 0 fully saturated rings. The van der Waals surface area contributed by atoms with Crippen LogP contribution in [0.1, 0.15) is 5.56 Å². The number of nitrogens with one attached hydrogen (secondary N) is 1. The standard InChI is InChI=1S/C18H14F2N4O3S/c19-17(20)27-13-4-2-12(3-5-13)16-22-23-18(28)24(16)21-10-11-1-6-14-15(9-11)26-8-7-25-14/h1-6,9-10,17H,7-8H2,(H,23,28)/b21-10-. The third-order valence-electron chi connectivity index (χ3n) is 3.88. The maximum atomic E-state index is 12.3. The van der Waals surface area contributed by atoms with Gasteiger partial charge in [-0.05, 0) is 60.2 Å². The van der Waals surface area contributed by atoms with Gasteiger partial charge in [-0.25, -0.2) is 5.10 Å². The highest BCUT2D eigenvalue weighted by atomic mass is 32.1. The van der Waals surface area contributed by atoms with Crippen LogP contribution < -0.4 is 14.2 Å². The van der Waals surface area contributed by atoms with Gasteiger partial charge in [0.15, 0.2) is 17.3 Å². The van der Waals surface area contributed by atoms with E-state index < -0.39 is 6.61 Å². The lowest BCUT2D eigenvalue weighted by atomic mass is 10.2. The van der Waals surface area contributed by atoms with Gasteiger partial charge in [-0.2, -0.15) is 23.7 Å².